The Labute approximate surface area is 138 Å². The first-order chi connectivity index (χ1) is 11.1. The van der Waals surface area contributed by atoms with Crippen LogP contribution >= 0.6 is 0 Å². The molecule has 4 heteroatoms. The van der Waals surface area contributed by atoms with Gasteiger partial charge in [-0.1, -0.05) is 60.7 Å². The van der Waals surface area contributed by atoms with Gasteiger partial charge >= 0.3 is 0 Å². The normalized spacial score (nSPS) is 19.8. The van der Waals surface area contributed by atoms with Crippen molar-refractivity contribution in [1.29, 1.82) is 0 Å². The van der Waals surface area contributed by atoms with E-state index in [0.717, 1.165) is 19.4 Å². The second-order valence-corrected chi connectivity index (χ2v) is 8.64. The van der Waals surface area contributed by atoms with Crippen LogP contribution in [0, 0.1) is 0 Å². The molecule has 1 fully saturated rings. The van der Waals surface area contributed by atoms with Gasteiger partial charge in [0.15, 0.2) is 9.84 Å². The summed E-state index contributed by atoms with van der Waals surface area (Å²) >= 11 is 0. The number of hydrogen-bond acceptors (Lipinski definition) is 3. The van der Waals surface area contributed by atoms with Gasteiger partial charge in [-0.05, 0) is 30.5 Å². The van der Waals surface area contributed by atoms with Crippen molar-refractivity contribution in [2.24, 2.45) is 0 Å². The van der Waals surface area contributed by atoms with Crippen LogP contribution in [0.5, 0.6) is 0 Å². The summed E-state index contributed by atoms with van der Waals surface area (Å²) in [4.78, 5) is 2.32. The standard InChI is InChI=1S/C19H23NO2S/c1-23(21,22)18-13-8-14-20(15-18)19(16-9-4-2-5-10-16)17-11-6-3-7-12-17/h2-7,9-12,18-19H,8,13-15H2,1H3. The minimum atomic E-state index is -3.00. The van der Waals surface area contributed by atoms with E-state index in [9.17, 15) is 8.42 Å². The highest BCUT2D eigenvalue weighted by Crippen LogP contribution is 2.32. The van der Waals surface area contributed by atoms with E-state index in [2.05, 4.69) is 29.2 Å². The Morgan fingerprint density at radius 2 is 1.48 bits per heavy atom. The van der Waals surface area contributed by atoms with Crippen molar-refractivity contribution in [2.45, 2.75) is 24.1 Å². The molecule has 0 spiro atoms. The van der Waals surface area contributed by atoms with Crippen LogP contribution in [-0.4, -0.2) is 37.9 Å². The van der Waals surface area contributed by atoms with Crippen LogP contribution in [-0.2, 0) is 9.84 Å². The van der Waals surface area contributed by atoms with Gasteiger partial charge in [0.05, 0.1) is 11.3 Å². The monoisotopic (exact) mass is 329 g/mol. The van der Waals surface area contributed by atoms with Gasteiger partial charge < -0.3 is 0 Å². The first kappa shape index (κ1) is 16.2. The number of sulfone groups is 1. The van der Waals surface area contributed by atoms with E-state index in [-0.39, 0.29) is 11.3 Å². The van der Waals surface area contributed by atoms with E-state index >= 15 is 0 Å². The van der Waals surface area contributed by atoms with Gasteiger partial charge in [0.25, 0.3) is 0 Å². The first-order valence-electron chi connectivity index (χ1n) is 8.08. The summed E-state index contributed by atoms with van der Waals surface area (Å²) in [6, 6.07) is 20.8. The zero-order chi connectivity index (χ0) is 16.3. The van der Waals surface area contributed by atoms with Crippen LogP contribution in [0.25, 0.3) is 0 Å². The highest BCUT2D eigenvalue weighted by atomic mass is 32.2. The molecule has 2 aromatic carbocycles. The fourth-order valence-electron chi connectivity index (χ4n) is 3.43. The molecule has 1 saturated heterocycles. The highest BCUT2D eigenvalue weighted by Gasteiger charge is 2.32. The average molecular weight is 329 g/mol. The van der Waals surface area contributed by atoms with Gasteiger partial charge in [-0.15, -0.1) is 0 Å². The van der Waals surface area contributed by atoms with E-state index in [1.165, 1.54) is 17.4 Å². The van der Waals surface area contributed by atoms with Crippen molar-refractivity contribution in [3.05, 3.63) is 71.8 Å². The molecule has 0 bridgehead atoms. The lowest BCUT2D eigenvalue weighted by molar-refractivity contribution is 0.189. The van der Waals surface area contributed by atoms with Crippen molar-refractivity contribution in [2.75, 3.05) is 19.3 Å². The van der Waals surface area contributed by atoms with E-state index in [1.54, 1.807) is 0 Å². The van der Waals surface area contributed by atoms with E-state index in [0.29, 0.717) is 6.54 Å². The molecule has 0 saturated carbocycles. The smallest absolute Gasteiger partial charge is 0.151 e. The second kappa shape index (κ2) is 6.85. The molecule has 2 aromatic rings. The SMILES string of the molecule is CS(=O)(=O)C1CCCN(C(c2ccccc2)c2ccccc2)C1. The van der Waals surface area contributed by atoms with Gasteiger partial charge in [-0.2, -0.15) is 0 Å². The maximum atomic E-state index is 12.0. The molecule has 1 heterocycles. The summed E-state index contributed by atoms with van der Waals surface area (Å²) in [5.41, 5.74) is 2.43. The zero-order valence-electron chi connectivity index (χ0n) is 13.4. The van der Waals surface area contributed by atoms with Crippen molar-refractivity contribution in [3.63, 3.8) is 0 Å². The topological polar surface area (TPSA) is 37.4 Å². The summed E-state index contributed by atoms with van der Waals surface area (Å²) in [6.45, 7) is 1.54. The van der Waals surface area contributed by atoms with Crippen LogP contribution in [0.15, 0.2) is 60.7 Å². The minimum Gasteiger partial charge on any atom is -0.291 e. The number of nitrogens with zero attached hydrogens (tertiary/aromatic N) is 1. The fraction of sp³-hybridized carbons (Fsp3) is 0.368. The molecule has 0 N–H and O–H groups in total. The molecular weight excluding hydrogens is 306 g/mol. The Morgan fingerprint density at radius 3 is 1.96 bits per heavy atom. The van der Waals surface area contributed by atoms with Crippen LogP contribution < -0.4 is 0 Å². The predicted molar refractivity (Wildman–Crippen MR) is 94.2 cm³/mol. The predicted octanol–water partition coefficient (Wildman–Crippen LogP) is 3.29. The summed E-state index contributed by atoms with van der Waals surface area (Å²) in [5.74, 6) is 0. The summed E-state index contributed by atoms with van der Waals surface area (Å²) in [6.07, 6.45) is 3.06. The third-order valence-electron chi connectivity index (χ3n) is 4.61. The number of rotatable bonds is 4. The lowest BCUT2D eigenvalue weighted by atomic mass is 9.95. The zero-order valence-corrected chi connectivity index (χ0v) is 14.2. The quantitative estimate of drug-likeness (QED) is 0.864. The number of hydrogen-bond donors (Lipinski definition) is 0. The molecule has 0 aromatic heterocycles. The summed E-state index contributed by atoms with van der Waals surface area (Å²) < 4.78 is 24.0. The molecule has 1 unspecified atom stereocenters. The van der Waals surface area contributed by atoms with Crippen LogP contribution in [0.1, 0.15) is 30.0 Å². The maximum Gasteiger partial charge on any atom is 0.151 e. The Morgan fingerprint density at radius 1 is 0.957 bits per heavy atom. The molecule has 1 aliphatic heterocycles. The summed E-state index contributed by atoms with van der Waals surface area (Å²) in [7, 11) is -3.00. The highest BCUT2D eigenvalue weighted by molar-refractivity contribution is 7.91. The largest absolute Gasteiger partial charge is 0.291 e. The third-order valence-corrected chi connectivity index (χ3v) is 6.21. The van der Waals surface area contributed by atoms with Crippen LogP contribution in [0.2, 0.25) is 0 Å². The Kier molecular flexibility index (Phi) is 4.83. The van der Waals surface area contributed by atoms with Crippen LogP contribution in [0.3, 0.4) is 0 Å². The first-order valence-corrected chi connectivity index (χ1v) is 10.0. The van der Waals surface area contributed by atoms with Gasteiger partial charge in [0.2, 0.25) is 0 Å². The number of piperidine rings is 1. The molecular formula is C19H23NO2S. The van der Waals surface area contributed by atoms with Gasteiger partial charge in [0, 0.05) is 12.8 Å². The van der Waals surface area contributed by atoms with Gasteiger partial charge in [-0.25, -0.2) is 8.42 Å². The lowest BCUT2D eigenvalue weighted by Crippen LogP contribution is -2.44. The van der Waals surface area contributed by atoms with E-state index in [4.69, 9.17) is 0 Å². The maximum absolute atomic E-state index is 12.0. The molecule has 0 radical (unpaired) electrons. The van der Waals surface area contributed by atoms with Crippen molar-refractivity contribution >= 4 is 9.84 Å². The Hall–Kier alpha value is -1.65. The number of benzene rings is 2. The molecule has 122 valence electrons. The van der Waals surface area contributed by atoms with E-state index in [1.807, 2.05) is 36.4 Å². The molecule has 23 heavy (non-hydrogen) atoms. The van der Waals surface area contributed by atoms with Crippen molar-refractivity contribution in [3.8, 4) is 0 Å². The Bertz CT molecular complexity index is 689. The molecule has 1 atom stereocenters. The molecule has 0 amide bonds. The van der Waals surface area contributed by atoms with Crippen LogP contribution in [0.4, 0.5) is 0 Å². The Balaban J connectivity index is 1.96. The average Bonchev–Trinajstić information content (AvgIpc) is 2.57. The molecule has 3 nitrogen and oxygen atoms in total. The molecule has 0 aliphatic carbocycles. The third kappa shape index (κ3) is 3.82. The van der Waals surface area contributed by atoms with Crippen molar-refractivity contribution in [1.82, 2.24) is 4.90 Å². The van der Waals surface area contributed by atoms with E-state index < -0.39 is 9.84 Å². The van der Waals surface area contributed by atoms with Gasteiger partial charge in [0.1, 0.15) is 0 Å². The fourth-order valence-corrected chi connectivity index (χ4v) is 4.49. The van der Waals surface area contributed by atoms with Crippen molar-refractivity contribution < 1.29 is 8.42 Å². The second-order valence-electron chi connectivity index (χ2n) is 6.31. The van der Waals surface area contributed by atoms with Gasteiger partial charge in [-0.3, -0.25) is 4.90 Å². The summed E-state index contributed by atoms with van der Waals surface area (Å²) in [5, 5.41) is -0.258. The molecule has 3 rings (SSSR count). The molecule has 1 aliphatic rings. The number of likely N-dealkylation sites (tertiary alicyclic amines) is 1. The minimum absolute atomic E-state index is 0.113. The lowest BCUT2D eigenvalue weighted by Gasteiger charge is -2.38.